The summed E-state index contributed by atoms with van der Waals surface area (Å²) in [7, 11) is 0. The number of halogens is 1. The minimum Gasteiger partial charge on any atom is -0.462 e. The van der Waals surface area contributed by atoms with Crippen molar-refractivity contribution in [2.75, 3.05) is 17.2 Å². The van der Waals surface area contributed by atoms with Crippen LogP contribution in [0.1, 0.15) is 39.0 Å². The number of anilines is 2. The normalized spacial score (nSPS) is 10.7. The number of rotatable bonds is 8. The summed E-state index contributed by atoms with van der Waals surface area (Å²) in [6.07, 6.45) is 0.716. The third kappa shape index (κ3) is 6.69. The highest BCUT2D eigenvalue weighted by atomic mass is 35.5. The number of hydrogen-bond donors (Lipinski definition) is 2. The van der Waals surface area contributed by atoms with E-state index in [0.717, 1.165) is 21.7 Å². The molecule has 0 aliphatic rings. The van der Waals surface area contributed by atoms with Crippen LogP contribution in [0.2, 0.25) is 5.02 Å². The lowest BCUT2D eigenvalue weighted by molar-refractivity contribution is 0.0528. The van der Waals surface area contributed by atoms with Crippen LogP contribution >= 0.6 is 35.2 Å². The van der Waals surface area contributed by atoms with Crippen LogP contribution in [-0.2, 0) is 17.7 Å². The molecule has 180 valence electrons. The predicted octanol–water partition coefficient (Wildman–Crippen LogP) is 6.53. The number of nitrogens with one attached hydrogen (secondary N) is 2. The second-order valence-corrected chi connectivity index (χ2v) is 9.85. The van der Waals surface area contributed by atoms with Gasteiger partial charge in [0, 0.05) is 28.1 Å². The van der Waals surface area contributed by atoms with Crippen molar-refractivity contribution in [2.45, 2.75) is 26.8 Å². The monoisotopic (exact) mass is 524 g/mol. The maximum atomic E-state index is 12.6. The topological polar surface area (TPSA) is 68.2 Å². The molecule has 2 heterocycles. The Balaban J connectivity index is 1.47. The number of ether oxygens (including phenoxy) is 1. The molecular weight excluding hydrogens is 500 g/mol. The molecule has 0 radical (unpaired) electrons. The highest BCUT2D eigenvalue weighted by molar-refractivity contribution is 7.80. The molecule has 2 N–H and O–H groups in total. The lowest BCUT2D eigenvalue weighted by Gasteiger charge is -2.09. The van der Waals surface area contributed by atoms with Crippen molar-refractivity contribution >= 4 is 57.1 Å². The number of thiocarbonyl (C=S) groups is 1. The van der Waals surface area contributed by atoms with E-state index in [-0.39, 0.29) is 5.97 Å². The molecule has 0 saturated carbocycles. The number of hydrogen-bond acceptors (Lipinski definition) is 5. The van der Waals surface area contributed by atoms with Gasteiger partial charge in [0.15, 0.2) is 10.9 Å². The summed E-state index contributed by atoms with van der Waals surface area (Å²) in [4.78, 5) is 13.6. The van der Waals surface area contributed by atoms with Crippen molar-refractivity contribution in [1.29, 1.82) is 0 Å². The van der Waals surface area contributed by atoms with Crippen molar-refractivity contribution in [2.24, 2.45) is 0 Å². The van der Waals surface area contributed by atoms with Gasteiger partial charge >= 0.3 is 5.97 Å². The molecule has 0 unspecified atom stereocenters. The average Bonchev–Trinajstić information content (AvgIpc) is 3.38. The number of aromatic nitrogens is 2. The molecule has 0 spiro atoms. The van der Waals surface area contributed by atoms with Gasteiger partial charge in [-0.3, -0.25) is 4.68 Å². The fourth-order valence-electron chi connectivity index (χ4n) is 3.52. The van der Waals surface area contributed by atoms with Gasteiger partial charge in [-0.25, -0.2) is 4.79 Å². The smallest absolute Gasteiger partial charge is 0.341 e. The zero-order chi connectivity index (χ0) is 24.8. The largest absolute Gasteiger partial charge is 0.462 e. The van der Waals surface area contributed by atoms with Gasteiger partial charge in [-0.05, 0) is 55.4 Å². The van der Waals surface area contributed by atoms with Crippen LogP contribution in [0, 0.1) is 6.92 Å². The van der Waals surface area contributed by atoms with Gasteiger partial charge in [-0.15, -0.1) is 11.3 Å². The zero-order valence-electron chi connectivity index (χ0n) is 19.4. The van der Waals surface area contributed by atoms with Crippen LogP contribution in [0.4, 0.5) is 10.8 Å². The molecule has 0 aliphatic carbocycles. The lowest BCUT2D eigenvalue weighted by Crippen LogP contribution is -2.20. The number of carbonyl (C=O) groups is 1. The first-order valence-electron chi connectivity index (χ1n) is 11.1. The van der Waals surface area contributed by atoms with Gasteiger partial charge < -0.3 is 15.4 Å². The van der Waals surface area contributed by atoms with Crippen LogP contribution in [0.5, 0.6) is 0 Å². The standard InChI is InChI=1S/C26H25ClN4O2S2/c1-3-33-25(32)22-15-21(14-18-7-5-4-6-8-18)35-24(22)29-26(34)28-23-13-17(2)31(30-23)16-19-9-11-20(27)12-10-19/h4-13,15H,3,14,16H2,1-2H3,(H2,28,29,30,34). The molecule has 2 aromatic heterocycles. The van der Waals surface area contributed by atoms with Crippen LogP contribution in [0.3, 0.4) is 0 Å². The van der Waals surface area contributed by atoms with Crippen molar-refractivity contribution < 1.29 is 9.53 Å². The van der Waals surface area contributed by atoms with Crippen LogP contribution in [0.15, 0.2) is 66.7 Å². The van der Waals surface area contributed by atoms with E-state index in [9.17, 15) is 4.79 Å². The number of benzene rings is 2. The van der Waals surface area contributed by atoms with Crippen LogP contribution in [0.25, 0.3) is 0 Å². The summed E-state index contributed by atoms with van der Waals surface area (Å²) in [6.45, 7) is 4.69. The minimum absolute atomic E-state index is 0.301. The molecule has 0 atom stereocenters. The lowest BCUT2D eigenvalue weighted by atomic mass is 10.1. The van der Waals surface area contributed by atoms with Gasteiger partial charge in [0.25, 0.3) is 0 Å². The van der Waals surface area contributed by atoms with E-state index >= 15 is 0 Å². The number of thiophene rings is 1. The Morgan fingerprint density at radius 1 is 1.09 bits per heavy atom. The van der Waals surface area contributed by atoms with E-state index in [4.69, 9.17) is 28.6 Å². The summed E-state index contributed by atoms with van der Waals surface area (Å²) in [5, 5.41) is 12.6. The van der Waals surface area contributed by atoms with Crippen molar-refractivity contribution in [1.82, 2.24) is 9.78 Å². The second-order valence-electron chi connectivity index (χ2n) is 7.87. The second kappa shape index (κ2) is 11.5. The van der Waals surface area contributed by atoms with E-state index in [1.54, 1.807) is 6.92 Å². The SMILES string of the molecule is CCOC(=O)c1cc(Cc2ccccc2)sc1NC(=S)Nc1cc(C)n(Cc2ccc(Cl)cc2)n1. The van der Waals surface area contributed by atoms with Gasteiger partial charge in [0.2, 0.25) is 0 Å². The first kappa shape index (κ1) is 24.9. The van der Waals surface area contributed by atoms with Crippen LogP contribution in [-0.4, -0.2) is 27.5 Å². The number of esters is 1. The fourth-order valence-corrected chi connectivity index (χ4v) is 5.00. The summed E-state index contributed by atoms with van der Waals surface area (Å²) in [6, 6.07) is 21.6. The Morgan fingerprint density at radius 2 is 1.83 bits per heavy atom. The molecule has 0 bridgehead atoms. The van der Waals surface area contributed by atoms with E-state index in [2.05, 4.69) is 27.9 Å². The summed E-state index contributed by atoms with van der Waals surface area (Å²) < 4.78 is 7.15. The van der Waals surface area contributed by atoms with Crippen LogP contribution < -0.4 is 10.6 Å². The Bertz CT molecular complexity index is 1320. The molecule has 0 saturated heterocycles. The van der Waals surface area contributed by atoms with Gasteiger partial charge in [-0.1, -0.05) is 54.1 Å². The van der Waals surface area contributed by atoms with Crippen molar-refractivity contribution in [3.8, 4) is 0 Å². The van der Waals surface area contributed by atoms with E-state index in [1.807, 2.05) is 66.2 Å². The highest BCUT2D eigenvalue weighted by Gasteiger charge is 2.19. The molecule has 35 heavy (non-hydrogen) atoms. The maximum absolute atomic E-state index is 12.6. The van der Waals surface area contributed by atoms with E-state index in [1.165, 1.54) is 11.3 Å². The number of aryl methyl sites for hydroxylation is 1. The van der Waals surface area contributed by atoms with Crippen molar-refractivity contribution in [3.05, 3.63) is 99.0 Å². The van der Waals surface area contributed by atoms with Gasteiger partial charge in [0.1, 0.15) is 5.00 Å². The molecule has 0 amide bonds. The summed E-state index contributed by atoms with van der Waals surface area (Å²) >= 11 is 13.0. The third-order valence-electron chi connectivity index (χ3n) is 5.20. The molecule has 2 aromatic carbocycles. The van der Waals surface area contributed by atoms with E-state index < -0.39 is 0 Å². The van der Waals surface area contributed by atoms with Crippen molar-refractivity contribution in [3.63, 3.8) is 0 Å². The molecular formula is C26H25ClN4O2S2. The number of nitrogens with zero attached hydrogens (tertiary/aromatic N) is 2. The van der Waals surface area contributed by atoms with Gasteiger partial charge in [-0.2, -0.15) is 5.10 Å². The molecule has 4 rings (SSSR count). The molecule has 4 aromatic rings. The zero-order valence-corrected chi connectivity index (χ0v) is 21.8. The first-order chi connectivity index (χ1) is 16.9. The minimum atomic E-state index is -0.378. The maximum Gasteiger partial charge on any atom is 0.341 e. The summed E-state index contributed by atoms with van der Waals surface area (Å²) in [5.41, 5.74) is 3.71. The average molecular weight is 525 g/mol. The quantitative estimate of drug-likeness (QED) is 0.202. The fraction of sp³-hybridized carbons (Fsp3) is 0.192. The Kier molecular flexibility index (Phi) is 8.17. The molecule has 0 aliphatic heterocycles. The molecule has 0 fully saturated rings. The predicted molar refractivity (Wildman–Crippen MR) is 147 cm³/mol. The summed E-state index contributed by atoms with van der Waals surface area (Å²) in [5.74, 6) is 0.240. The Labute approximate surface area is 218 Å². The Hall–Kier alpha value is -3.20. The van der Waals surface area contributed by atoms with E-state index in [0.29, 0.717) is 46.1 Å². The third-order valence-corrected chi connectivity index (χ3v) is 6.70. The Morgan fingerprint density at radius 3 is 2.54 bits per heavy atom. The molecule has 9 heteroatoms. The molecule has 6 nitrogen and oxygen atoms in total. The van der Waals surface area contributed by atoms with Gasteiger partial charge in [0.05, 0.1) is 18.7 Å². The first-order valence-corrected chi connectivity index (χ1v) is 12.7. The number of carbonyl (C=O) groups excluding carboxylic acids is 1. The highest BCUT2D eigenvalue weighted by Crippen LogP contribution is 2.31.